The Labute approximate surface area is 146 Å². The average Bonchev–Trinajstić information content (AvgIpc) is 2.59. The summed E-state index contributed by atoms with van der Waals surface area (Å²) in [6, 6.07) is 6.67. The van der Waals surface area contributed by atoms with Crippen molar-refractivity contribution in [2.24, 2.45) is 0 Å². The number of rotatable bonds is 8. The summed E-state index contributed by atoms with van der Waals surface area (Å²) in [7, 11) is 1.54. The molecule has 1 amide bonds. The highest BCUT2D eigenvalue weighted by Crippen LogP contribution is 2.27. The van der Waals surface area contributed by atoms with Crippen molar-refractivity contribution in [2.45, 2.75) is 26.2 Å². The number of nitrogens with zero attached hydrogens (tertiary/aromatic N) is 2. The second-order valence-corrected chi connectivity index (χ2v) is 5.63. The molecule has 2 rings (SSSR count). The Kier molecular flexibility index (Phi) is 6.81. The van der Waals surface area contributed by atoms with Gasteiger partial charge in [-0.1, -0.05) is 31.4 Å². The summed E-state index contributed by atoms with van der Waals surface area (Å²) in [4.78, 5) is 20.4. The number of ether oxygens (including phenoxy) is 1. The number of amides is 1. The minimum Gasteiger partial charge on any atom is -0.495 e. The van der Waals surface area contributed by atoms with Crippen LogP contribution in [0.15, 0.2) is 30.6 Å². The second-order valence-electron chi connectivity index (χ2n) is 5.23. The number of benzene rings is 1. The van der Waals surface area contributed by atoms with Crippen LogP contribution in [0.2, 0.25) is 5.02 Å². The van der Waals surface area contributed by atoms with Gasteiger partial charge in [0.15, 0.2) is 0 Å². The number of carbonyl (C=O) groups excluding carboxylic acids is 1. The molecule has 2 N–H and O–H groups in total. The molecule has 1 heterocycles. The standard InChI is InChI=1S/C17H21ClN4O2/c1-3-4-5-8-19-16-10-14(20-11-21-16)17(23)22-12-6-7-15(24-2)13(18)9-12/h6-7,9-11H,3-5,8H2,1-2H3,(H,22,23)(H,19,20,21). The van der Waals surface area contributed by atoms with Crippen LogP contribution in [0, 0.1) is 0 Å². The molecule has 0 aliphatic heterocycles. The van der Waals surface area contributed by atoms with Crippen LogP contribution in [0.1, 0.15) is 36.7 Å². The Bertz CT molecular complexity index is 694. The SMILES string of the molecule is CCCCCNc1cc(C(=O)Nc2ccc(OC)c(Cl)c2)ncn1. The van der Waals surface area contributed by atoms with Gasteiger partial charge in [-0.3, -0.25) is 4.79 Å². The van der Waals surface area contributed by atoms with E-state index in [9.17, 15) is 4.79 Å². The molecule has 0 aliphatic rings. The predicted octanol–water partition coefficient (Wildman–Crippen LogP) is 3.99. The van der Waals surface area contributed by atoms with Gasteiger partial charge in [0.05, 0.1) is 12.1 Å². The van der Waals surface area contributed by atoms with E-state index in [1.165, 1.54) is 13.4 Å². The number of anilines is 2. The van der Waals surface area contributed by atoms with Crippen molar-refractivity contribution in [3.8, 4) is 5.75 Å². The zero-order valence-electron chi connectivity index (χ0n) is 13.8. The first kappa shape index (κ1) is 18.0. The molecule has 128 valence electrons. The fraction of sp³-hybridized carbons (Fsp3) is 0.353. The molecule has 0 unspecified atom stereocenters. The summed E-state index contributed by atoms with van der Waals surface area (Å²) >= 11 is 6.06. The molecule has 0 bridgehead atoms. The highest BCUT2D eigenvalue weighted by Gasteiger charge is 2.10. The number of nitrogens with one attached hydrogen (secondary N) is 2. The van der Waals surface area contributed by atoms with Crippen molar-refractivity contribution in [3.05, 3.63) is 41.3 Å². The Morgan fingerprint density at radius 1 is 1.25 bits per heavy atom. The molecule has 1 aromatic carbocycles. The van der Waals surface area contributed by atoms with Crippen molar-refractivity contribution >= 4 is 29.0 Å². The molecule has 0 radical (unpaired) electrons. The van der Waals surface area contributed by atoms with Crippen molar-refractivity contribution in [1.82, 2.24) is 9.97 Å². The molecular weight excluding hydrogens is 328 g/mol. The van der Waals surface area contributed by atoms with E-state index in [1.54, 1.807) is 24.3 Å². The minimum atomic E-state index is -0.324. The number of methoxy groups -OCH3 is 1. The maximum atomic E-state index is 12.3. The van der Waals surface area contributed by atoms with Gasteiger partial charge < -0.3 is 15.4 Å². The van der Waals surface area contributed by atoms with Gasteiger partial charge in [0, 0.05) is 18.3 Å². The largest absolute Gasteiger partial charge is 0.495 e. The van der Waals surface area contributed by atoms with E-state index in [1.807, 2.05) is 0 Å². The topological polar surface area (TPSA) is 76.1 Å². The molecule has 7 heteroatoms. The first-order valence-corrected chi connectivity index (χ1v) is 8.22. The smallest absolute Gasteiger partial charge is 0.274 e. The van der Waals surface area contributed by atoms with Crippen LogP contribution < -0.4 is 15.4 Å². The van der Waals surface area contributed by atoms with Crippen molar-refractivity contribution in [1.29, 1.82) is 0 Å². The molecule has 2 aromatic rings. The third kappa shape index (κ3) is 5.09. The van der Waals surface area contributed by atoms with Gasteiger partial charge in [-0.25, -0.2) is 9.97 Å². The number of carbonyl (C=O) groups is 1. The first-order chi connectivity index (χ1) is 11.6. The molecule has 0 fully saturated rings. The van der Waals surface area contributed by atoms with Crippen molar-refractivity contribution in [2.75, 3.05) is 24.3 Å². The van der Waals surface area contributed by atoms with Crippen LogP contribution in [-0.2, 0) is 0 Å². The van der Waals surface area contributed by atoms with E-state index in [0.29, 0.717) is 22.3 Å². The van der Waals surface area contributed by atoms with E-state index >= 15 is 0 Å². The van der Waals surface area contributed by atoms with Gasteiger partial charge in [-0.15, -0.1) is 0 Å². The second kappa shape index (κ2) is 9.08. The van der Waals surface area contributed by atoms with Crippen LogP contribution in [-0.4, -0.2) is 29.5 Å². The van der Waals surface area contributed by atoms with Crippen LogP contribution in [0.5, 0.6) is 5.75 Å². The molecule has 0 atom stereocenters. The van der Waals surface area contributed by atoms with Crippen LogP contribution in [0.3, 0.4) is 0 Å². The Hall–Kier alpha value is -2.34. The summed E-state index contributed by atoms with van der Waals surface area (Å²) in [5.41, 5.74) is 0.858. The van der Waals surface area contributed by atoms with Crippen LogP contribution in [0.4, 0.5) is 11.5 Å². The Morgan fingerprint density at radius 2 is 2.08 bits per heavy atom. The lowest BCUT2D eigenvalue weighted by Gasteiger charge is -2.09. The number of aromatic nitrogens is 2. The monoisotopic (exact) mass is 348 g/mol. The quantitative estimate of drug-likeness (QED) is 0.705. The first-order valence-electron chi connectivity index (χ1n) is 7.85. The van der Waals surface area contributed by atoms with Gasteiger partial charge in [0.1, 0.15) is 23.6 Å². The number of hydrogen-bond donors (Lipinski definition) is 2. The lowest BCUT2D eigenvalue weighted by molar-refractivity contribution is 0.102. The van der Waals surface area contributed by atoms with Crippen LogP contribution in [0.25, 0.3) is 0 Å². The third-order valence-electron chi connectivity index (χ3n) is 3.40. The van der Waals surface area contributed by atoms with Gasteiger partial charge in [0.25, 0.3) is 5.91 Å². The Balaban J connectivity index is 2.00. The number of halogens is 1. The van der Waals surface area contributed by atoms with Gasteiger partial charge in [-0.2, -0.15) is 0 Å². The zero-order valence-corrected chi connectivity index (χ0v) is 14.6. The van der Waals surface area contributed by atoms with E-state index < -0.39 is 0 Å². The van der Waals surface area contributed by atoms with Gasteiger partial charge in [0.2, 0.25) is 0 Å². The average molecular weight is 349 g/mol. The van der Waals surface area contributed by atoms with Crippen molar-refractivity contribution in [3.63, 3.8) is 0 Å². The highest BCUT2D eigenvalue weighted by molar-refractivity contribution is 6.32. The fourth-order valence-corrected chi connectivity index (χ4v) is 2.37. The molecule has 0 aliphatic carbocycles. The number of unbranched alkanes of at least 4 members (excludes halogenated alkanes) is 2. The maximum absolute atomic E-state index is 12.3. The van der Waals surface area contributed by atoms with E-state index in [0.717, 1.165) is 25.8 Å². The highest BCUT2D eigenvalue weighted by atomic mass is 35.5. The molecular formula is C17H21ClN4O2. The Morgan fingerprint density at radius 3 is 2.79 bits per heavy atom. The normalized spacial score (nSPS) is 10.3. The predicted molar refractivity (Wildman–Crippen MR) is 96.0 cm³/mol. The molecule has 0 spiro atoms. The minimum absolute atomic E-state index is 0.287. The fourth-order valence-electron chi connectivity index (χ4n) is 2.11. The number of hydrogen-bond acceptors (Lipinski definition) is 5. The lowest BCUT2D eigenvalue weighted by Crippen LogP contribution is -2.15. The summed E-state index contributed by atoms with van der Waals surface area (Å²) in [5, 5.41) is 6.38. The molecule has 0 saturated heterocycles. The maximum Gasteiger partial charge on any atom is 0.274 e. The van der Waals surface area contributed by atoms with Crippen molar-refractivity contribution < 1.29 is 9.53 Å². The third-order valence-corrected chi connectivity index (χ3v) is 3.69. The molecule has 0 saturated carbocycles. The zero-order chi connectivity index (χ0) is 17.4. The lowest BCUT2D eigenvalue weighted by atomic mass is 10.2. The van der Waals surface area contributed by atoms with Gasteiger partial charge in [-0.05, 0) is 24.6 Å². The van der Waals surface area contributed by atoms with E-state index in [2.05, 4.69) is 27.5 Å². The van der Waals surface area contributed by atoms with Crippen LogP contribution >= 0.6 is 11.6 Å². The van der Waals surface area contributed by atoms with Gasteiger partial charge >= 0.3 is 0 Å². The summed E-state index contributed by atoms with van der Waals surface area (Å²) in [6.07, 6.45) is 4.75. The summed E-state index contributed by atoms with van der Waals surface area (Å²) < 4.78 is 5.09. The molecule has 24 heavy (non-hydrogen) atoms. The molecule has 6 nitrogen and oxygen atoms in total. The van der Waals surface area contributed by atoms with E-state index in [4.69, 9.17) is 16.3 Å². The molecule has 1 aromatic heterocycles. The van der Waals surface area contributed by atoms with E-state index in [-0.39, 0.29) is 11.6 Å². The summed E-state index contributed by atoms with van der Waals surface area (Å²) in [6.45, 7) is 2.97. The summed E-state index contributed by atoms with van der Waals surface area (Å²) in [5.74, 6) is 0.865.